The maximum absolute atomic E-state index is 11.7. The topological polar surface area (TPSA) is 49.4 Å². The van der Waals surface area contributed by atoms with E-state index in [0.717, 1.165) is 12.8 Å². The van der Waals surface area contributed by atoms with Crippen molar-refractivity contribution in [2.75, 3.05) is 13.1 Å². The van der Waals surface area contributed by atoms with E-state index in [-0.39, 0.29) is 11.8 Å². The third-order valence-corrected chi connectivity index (χ3v) is 3.71. The standard InChI is InChI=1S/C15H28N2O2/c1-12(2)11-16-15(19)9-10-17(13(3)18)14-7-5-4-6-8-14/h12,14H,4-11H2,1-3H3,(H,16,19). The maximum atomic E-state index is 11.7. The number of nitrogens with one attached hydrogen (secondary N) is 1. The minimum atomic E-state index is 0.0516. The predicted molar refractivity (Wildman–Crippen MR) is 76.7 cm³/mol. The van der Waals surface area contributed by atoms with Crippen LogP contribution in [0.15, 0.2) is 0 Å². The van der Waals surface area contributed by atoms with Gasteiger partial charge in [0.2, 0.25) is 11.8 Å². The Kier molecular flexibility index (Phi) is 6.89. The summed E-state index contributed by atoms with van der Waals surface area (Å²) in [5, 5.41) is 2.90. The van der Waals surface area contributed by atoms with Crippen LogP contribution in [0, 0.1) is 5.92 Å². The lowest BCUT2D eigenvalue weighted by Crippen LogP contribution is -2.42. The van der Waals surface area contributed by atoms with Crippen LogP contribution in [0.4, 0.5) is 0 Å². The molecule has 0 heterocycles. The third kappa shape index (κ3) is 6.08. The molecule has 0 unspecified atom stereocenters. The largest absolute Gasteiger partial charge is 0.356 e. The van der Waals surface area contributed by atoms with Gasteiger partial charge in [-0.2, -0.15) is 0 Å². The Labute approximate surface area is 116 Å². The van der Waals surface area contributed by atoms with Gasteiger partial charge < -0.3 is 10.2 Å². The van der Waals surface area contributed by atoms with E-state index in [1.165, 1.54) is 19.3 Å². The summed E-state index contributed by atoms with van der Waals surface area (Å²) in [6.07, 6.45) is 6.28. The van der Waals surface area contributed by atoms with Gasteiger partial charge in [0.1, 0.15) is 0 Å². The molecule has 4 nitrogen and oxygen atoms in total. The van der Waals surface area contributed by atoms with Crippen LogP contribution in [-0.2, 0) is 9.59 Å². The molecule has 1 saturated carbocycles. The summed E-state index contributed by atoms with van der Waals surface area (Å²) in [6.45, 7) is 7.03. The summed E-state index contributed by atoms with van der Waals surface area (Å²) >= 11 is 0. The van der Waals surface area contributed by atoms with Crippen LogP contribution in [0.25, 0.3) is 0 Å². The van der Waals surface area contributed by atoms with Crippen molar-refractivity contribution in [2.24, 2.45) is 5.92 Å². The first-order valence-electron chi connectivity index (χ1n) is 7.54. The minimum absolute atomic E-state index is 0.0516. The zero-order valence-electron chi connectivity index (χ0n) is 12.6. The van der Waals surface area contributed by atoms with Crippen molar-refractivity contribution in [3.05, 3.63) is 0 Å². The van der Waals surface area contributed by atoms with Crippen molar-refractivity contribution in [1.82, 2.24) is 10.2 Å². The van der Waals surface area contributed by atoms with E-state index in [4.69, 9.17) is 0 Å². The molecule has 0 aromatic rings. The molecule has 1 rings (SSSR count). The van der Waals surface area contributed by atoms with E-state index in [1.807, 2.05) is 4.90 Å². The molecule has 0 saturated heterocycles. The summed E-state index contributed by atoms with van der Waals surface area (Å²) in [7, 11) is 0. The number of nitrogens with zero attached hydrogens (tertiary/aromatic N) is 1. The van der Waals surface area contributed by atoms with Gasteiger partial charge in [0.25, 0.3) is 0 Å². The van der Waals surface area contributed by atoms with Gasteiger partial charge in [-0.15, -0.1) is 0 Å². The average molecular weight is 268 g/mol. The van der Waals surface area contributed by atoms with Gasteiger partial charge in [0, 0.05) is 32.5 Å². The highest BCUT2D eigenvalue weighted by molar-refractivity contribution is 5.78. The van der Waals surface area contributed by atoms with Gasteiger partial charge in [-0.25, -0.2) is 0 Å². The molecule has 110 valence electrons. The lowest BCUT2D eigenvalue weighted by Gasteiger charge is -2.33. The van der Waals surface area contributed by atoms with Crippen LogP contribution in [0.5, 0.6) is 0 Å². The molecular weight excluding hydrogens is 240 g/mol. The number of carbonyl (C=O) groups excluding carboxylic acids is 2. The fourth-order valence-electron chi connectivity index (χ4n) is 2.62. The molecule has 0 spiro atoms. The summed E-state index contributed by atoms with van der Waals surface area (Å²) < 4.78 is 0. The lowest BCUT2D eigenvalue weighted by molar-refractivity contribution is -0.132. The SMILES string of the molecule is CC(=O)N(CCC(=O)NCC(C)C)C1CCCCC1. The van der Waals surface area contributed by atoms with Crippen LogP contribution in [0.3, 0.4) is 0 Å². The van der Waals surface area contributed by atoms with Gasteiger partial charge in [-0.05, 0) is 18.8 Å². The number of rotatable bonds is 6. The molecule has 4 heteroatoms. The Morgan fingerprint density at radius 1 is 1.21 bits per heavy atom. The first kappa shape index (κ1) is 16.0. The van der Waals surface area contributed by atoms with Crippen molar-refractivity contribution in [3.8, 4) is 0 Å². The molecule has 0 aromatic carbocycles. The van der Waals surface area contributed by atoms with Crippen molar-refractivity contribution < 1.29 is 9.59 Å². The molecule has 1 aliphatic rings. The third-order valence-electron chi connectivity index (χ3n) is 3.71. The normalized spacial score (nSPS) is 16.4. The van der Waals surface area contributed by atoms with Crippen LogP contribution >= 0.6 is 0 Å². The first-order valence-corrected chi connectivity index (χ1v) is 7.54. The highest BCUT2D eigenvalue weighted by atomic mass is 16.2. The van der Waals surface area contributed by atoms with Crippen molar-refractivity contribution in [1.29, 1.82) is 0 Å². The van der Waals surface area contributed by atoms with Gasteiger partial charge in [-0.3, -0.25) is 9.59 Å². The fraction of sp³-hybridized carbons (Fsp3) is 0.867. The number of carbonyl (C=O) groups is 2. The molecule has 0 atom stereocenters. The van der Waals surface area contributed by atoms with Crippen LogP contribution in [0.1, 0.15) is 59.3 Å². The fourth-order valence-corrected chi connectivity index (χ4v) is 2.62. The highest BCUT2D eigenvalue weighted by Gasteiger charge is 2.23. The molecule has 0 aromatic heterocycles. The second-order valence-corrected chi connectivity index (χ2v) is 5.95. The Hall–Kier alpha value is -1.06. The van der Waals surface area contributed by atoms with Gasteiger partial charge >= 0.3 is 0 Å². The van der Waals surface area contributed by atoms with Crippen LogP contribution < -0.4 is 5.32 Å². The molecule has 0 bridgehead atoms. The Balaban J connectivity index is 2.36. The number of amides is 2. The second-order valence-electron chi connectivity index (χ2n) is 5.95. The van der Waals surface area contributed by atoms with Gasteiger partial charge in [0.15, 0.2) is 0 Å². The molecule has 19 heavy (non-hydrogen) atoms. The maximum Gasteiger partial charge on any atom is 0.221 e. The second kappa shape index (κ2) is 8.18. The number of hydrogen-bond donors (Lipinski definition) is 1. The highest BCUT2D eigenvalue weighted by Crippen LogP contribution is 2.22. The zero-order valence-corrected chi connectivity index (χ0v) is 12.6. The number of hydrogen-bond acceptors (Lipinski definition) is 2. The van der Waals surface area contributed by atoms with E-state index in [2.05, 4.69) is 19.2 Å². The lowest BCUT2D eigenvalue weighted by atomic mass is 9.94. The Bertz CT molecular complexity index is 297. The quantitative estimate of drug-likeness (QED) is 0.804. The van der Waals surface area contributed by atoms with Gasteiger partial charge in [-0.1, -0.05) is 33.1 Å². The monoisotopic (exact) mass is 268 g/mol. The molecule has 1 aliphatic carbocycles. The van der Waals surface area contributed by atoms with E-state index >= 15 is 0 Å². The smallest absolute Gasteiger partial charge is 0.221 e. The van der Waals surface area contributed by atoms with E-state index in [1.54, 1.807) is 6.92 Å². The van der Waals surface area contributed by atoms with Crippen molar-refractivity contribution in [3.63, 3.8) is 0 Å². The van der Waals surface area contributed by atoms with E-state index in [9.17, 15) is 9.59 Å². The molecule has 1 N–H and O–H groups in total. The summed E-state index contributed by atoms with van der Waals surface area (Å²) in [6, 6.07) is 0.351. The predicted octanol–water partition coefficient (Wildman–Crippen LogP) is 2.33. The minimum Gasteiger partial charge on any atom is -0.356 e. The van der Waals surface area contributed by atoms with Crippen LogP contribution in [-0.4, -0.2) is 35.8 Å². The molecule has 0 aliphatic heterocycles. The Morgan fingerprint density at radius 2 is 1.84 bits per heavy atom. The average Bonchev–Trinajstić information content (AvgIpc) is 2.37. The zero-order chi connectivity index (χ0) is 14.3. The Morgan fingerprint density at radius 3 is 2.37 bits per heavy atom. The molecule has 0 radical (unpaired) electrons. The van der Waals surface area contributed by atoms with Crippen molar-refractivity contribution in [2.45, 2.75) is 65.3 Å². The molecular formula is C15H28N2O2. The van der Waals surface area contributed by atoms with E-state index in [0.29, 0.717) is 31.5 Å². The van der Waals surface area contributed by atoms with E-state index < -0.39 is 0 Å². The summed E-state index contributed by atoms with van der Waals surface area (Å²) in [5.74, 6) is 0.616. The molecule has 1 fully saturated rings. The molecule has 2 amide bonds. The van der Waals surface area contributed by atoms with Gasteiger partial charge in [0.05, 0.1) is 0 Å². The first-order chi connectivity index (χ1) is 9.00. The summed E-state index contributed by atoms with van der Waals surface area (Å²) in [5.41, 5.74) is 0. The van der Waals surface area contributed by atoms with Crippen LogP contribution in [0.2, 0.25) is 0 Å². The van der Waals surface area contributed by atoms with Crippen molar-refractivity contribution >= 4 is 11.8 Å². The summed E-state index contributed by atoms with van der Waals surface area (Å²) in [4.78, 5) is 25.3.